The number of nitrogens with zero attached hydrogens (tertiary/aromatic N) is 1. The molecule has 1 aliphatic heterocycles. The minimum absolute atomic E-state index is 0.0368. The quantitative estimate of drug-likeness (QED) is 0.705. The summed E-state index contributed by atoms with van der Waals surface area (Å²) in [6.45, 7) is 3.52. The molecule has 1 unspecified atom stereocenters. The highest BCUT2D eigenvalue weighted by Gasteiger charge is 2.25. The van der Waals surface area contributed by atoms with Gasteiger partial charge in [-0.05, 0) is 32.4 Å². The second kappa shape index (κ2) is 7.33. The summed E-state index contributed by atoms with van der Waals surface area (Å²) in [6, 6.07) is -0.769. The Labute approximate surface area is 107 Å². The first kappa shape index (κ1) is 14.9. The lowest BCUT2D eigenvalue weighted by Gasteiger charge is -2.26. The number of carbonyl (C=O) groups excluding carboxylic acids is 1. The lowest BCUT2D eigenvalue weighted by Crippen LogP contribution is -2.44. The van der Waals surface area contributed by atoms with Crippen LogP contribution in [0.3, 0.4) is 0 Å². The molecule has 1 heterocycles. The molecule has 1 fully saturated rings. The van der Waals surface area contributed by atoms with Crippen molar-refractivity contribution < 1.29 is 19.4 Å². The summed E-state index contributed by atoms with van der Waals surface area (Å²) in [7, 11) is 1.51. The van der Waals surface area contributed by atoms with Crippen molar-refractivity contribution in [3.05, 3.63) is 0 Å². The number of carbonyl (C=O) groups is 2. The van der Waals surface area contributed by atoms with Crippen molar-refractivity contribution in [2.45, 2.75) is 38.3 Å². The monoisotopic (exact) mass is 258 g/mol. The highest BCUT2D eigenvalue weighted by Crippen LogP contribution is 2.08. The van der Waals surface area contributed by atoms with E-state index in [1.54, 1.807) is 6.92 Å². The molecule has 1 rings (SSSR count). The Balaban J connectivity index is 2.36. The van der Waals surface area contributed by atoms with Gasteiger partial charge in [-0.3, -0.25) is 4.79 Å². The Morgan fingerprint density at radius 1 is 1.44 bits per heavy atom. The molecule has 0 aliphatic carbocycles. The van der Waals surface area contributed by atoms with Gasteiger partial charge in [0.05, 0.1) is 6.10 Å². The molecule has 0 radical (unpaired) electrons. The van der Waals surface area contributed by atoms with Crippen molar-refractivity contribution in [1.29, 1.82) is 0 Å². The highest BCUT2D eigenvalue weighted by molar-refractivity contribution is 5.84. The maximum atomic E-state index is 11.8. The van der Waals surface area contributed by atoms with E-state index < -0.39 is 12.0 Å². The van der Waals surface area contributed by atoms with Crippen LogP contribution >= 0.6 is 0 Å². The van der Waals surface area contributed by atoms with Crippen LogP contribution in [0.15, 0.2) is 0 Å². The largest absolute Gasteiger partial charge is 0.480 e. The molecule has 0 aromatic rings. The van der Waals surface area contributed by atoms with Gasteiger partial charge in [-0.25, -0.2) is 4.79 Å². The van der Waals surface area contributed by atoms with Crippen molar-refractivity contribution in [3.63, 3.8) is 0 Å². The minimum Gasteiger partial charge on any atom is -0.480 e. The van der Waals surface area contributed by atoms with Gasteiger partial charge >= 0.3 is 5.97 Å². The van der Waals surface area contributed by atoms with E-state index >= 15 is 0 Å². The van der Waals surface area contributed by atoms with Gasteiger partial charge in [-0.15, -0.1) is 0 Å². The van der Waals surface area contributed by atoms with Crippen molar-refractivity contribution in [1.82, 2.24) is 10.2 Å². The normalized spacial score (nSPS) is 18.3. The predicted octanol–water partition coefficient (Wildman–Crippen LogP) is 0.0766. The zero-order chi connectivity index (χ0) is 13.5. The fourth-order valence-corrected chi connectivity index (χ4v) is 2.04. The van der Waals surface area contributed by atoms with E-state index in [1.165, 1.54) is 11.9 Å². The number of hydrogen-bond donors (Lipinski definition) is 2. The van der Waals surface area contributed by atoms with Gasteiger partial charge in [-0.1, -0.05) is 6.92 Å². The van der Waals surface area contributed by atoms with Crippen LogP contribution in [0.5, 0.6) is 0 Å². The molecular formula is C12H22N2O4. The summed E-state index contributed by atoms with van der Waals surface area (Å²) in [4.78, 5) is 24.0. The molecule has 1 saturated heterocycles. The molecule has 104 valence electrons. The Morgan fingerprint density at radius 2 is 2.06 bits per heavy atom. The van der Waals surface area contributed by atoms with E-state index in [2.05, 4.69) is 5.32 Å². The van der Waals surface area contributed by atoms with Gasteiger partial charge in [0.2, 0.25) is 5.91 Å². The number of nitrogens with one attached hydrogen (secondary N) is 1. The number of carboxylic acids is 1. The fraction of sp³-hybridized carbons (Fsp3) is 0.833. The SMILES string of the molecule is CCC(C(=O)O)N(C)C(=O)COC1CCNCC1. The summed E-state index contributed by atoms with van der Waals surface area (Å²) in [5.41, 5.74) is 0. The number of likely N-dealkylation sites (N-methyl/N-ethyl adjacent to an activating group) is 1. The number of carboxylic acid groups (broad SMARTS) is 1. The molecular weight excluding hydrogens is 236 g/mol. The molecule has 0 saturated carbocycles. The third kappa shape index (κ3) is 4.27. The van der Waals surface area contributed by atoms with Crippen LogP contribution < -0.4 is 5.32 Å². The molecule has 18 heavy (non-hydrogen) atoms. The summed E-state index contributed by atoms with van der Waals surface area (Å²) in [6.07, 6.45) is 2.29. The van der Waals surface area contributed by atoms with Crippen LogP contribution in [-0.2, 0) is 14.3 Å². The lowest BCUT2D eigenvalue weighted by molar-refractivity contribution is -0.152. The zero-order valence-corrected chi connectivity index (χ0v) is 11.0. The summed E-state index contributed by atoms with van der Waals surface area (Å²) >= 11 is 0. The fourth-order valence-electron chi connectivity index (χ4n) is 2.04. The molecule has 0 bridgehead atoms. The number of amides is 1. The summed E-state index contributed by atoms with van der Waals surface area (Å²) in [5, 5.41) is 12.2. The average molecular weight is 258 g/mol. The molecule has 1 aliphatic rings. The van der Waals surface area contributed by atoms with Gasteiger partial charge in [0.1, 0.15) is 12.6 Å². The second-order valence-corrected chi connectivity index (χ2v) is 4.53. The Morgan fingerprint density at radius 3 is 2.56 bits per heavy atom. The second-order valence-electron chi connectivity index (χ2n) is 4.53. The standard InChI is InChI=1S/C12H22N2O4/c1-3-10(12(16)17)14(2)11(15)8-18-9-4-6-13-7-5-9/h9-10,13H,3-8H2,1-2H3,(H,16,17). The topological polar surface area (TPSA) is 78.9 Å². The third-order valence-electron chi connectivity index (χ3n) is 3.26. The van der Waals surface area contributed by atoms with Crippen LogP contribution in [0.4, 0.5) is 0 Å². The van der Waals surface area contributed by atoms with Gasteiger partial charge in [0.15, 0.2) is 0 Å². The van der Waals surface area contributed by atoms with Crippen molar-refractivity contribution in [2.75, 3.05) is 26.7 Å². The highest BCUT2D eigenvalue weighted by atomic mass is 16.5. The van der Waals surface area contributed by atoms with Crippen LogP contribution in [0.1, 0.15) is 26.2 Å². The first-order chi connectivity index (χ1) is 8.56. The molecule has 1 amide bonds. The smallest absolute Gasteiger partial charge is 0.326 e. The molecule has 0 aromatic carbocycles. The van der Waals surface area contributed by atoms with E-state index in [0.717, 1.165) is 25.9 Å². The van der Waals surface area contributed by atoms with Crippen LogP contribution in [0.2, 0.25) is 0 Å². The lowest BCUT2D eigenvalue weighted by atomic mass is 10.1. The Hall–Kier alpha value is -1.14. The maximum Gasteiger partial charge on any atom is 0.326 e. The van der Waals surface area contributed by atoms with E-state index in [4.69, 9.17) is 9.84 Å². The molecule has 6 heteroatoms. The van der Waals surface area contributed by atoms with E-state index in [0.29, 0.717) is 6.42 Å². The van der Waals surface area contributed by atoms with E-state index in [1.807, 2.05) is 0 Å². The van der Waals surface area contributed by atoms with Gasteiger partial charge in [0, 0.05) is 7.05 Å². The molecule has 0 spiro atoms. The number of ether oxygens (including phenoxy) is 1. The van der Waals surface area contributed by atoms with Crippen molar-refractivity contribution in [3.8, 4) is 0 Å². The van der Waals surface area contributed by atoms with E-state index in [-0.39, 0.29) is 18.6 Å². The molecule has 6 nitrogen and oxygen atoms in total. The van der Waals surface area contributed by atoms with Gasteiger partial charge < -0.3 is 20.1 Å². The third-order valence-corrected chi connectivity index (χ3v) is 3.26. The number of rotatable bonds is 6. The van der Waals surface area contributed by atoms with E-state index in [9.17, 15) is 9.59 Å². The minimum atomic E-state index is -0.977. The van der Waals surface area contributed by atoms with Gasteiger partial charge in [0.25, 0.3) is 0 Å². The first-order valence-corrected chi connectivity index (χ1v) is 6.37. The van der Waals surface area contributed by atoms with Crippen LogP contribution in [0.25, 0.3) is 0 Å². The van der Waals surface area contributed by atoms with Crippen molar-refractivity contribution in [2.24, 2.45) is 0 Å². The van der Waals surface area contributed by atoms with Gasteiger partial charge in [-0.2, -0.15) is 0 Å². The predicted molar refractivity (Wildman–Crippen MR) is 66.3 cm³/mol. The summed E-state index contributed by atoms with van der Waals surface area (Å²) < 4.78 is 5.52. The summed E-state index contributed by atoms with van der Waals surface area (Å²) in [5.74, 6) is -1.25. The molecule has 2 N–H and O–H groups in total. The molecule has 1 atom stereocenters. The number of aliphatic carboxylic acids is 1. The number of hydrogen-bond acceptors (Lipinski definition) is 4. The number of piperidine rings is 1. The van der Waals surface area contributed by atoms with Crippen LogP contribution in [-0.4, -0.2) is 60.8 Å². The average Bonchev–Trinajstić information content (AvgIpc) is 2.37. The molecule has 0 aromatic heterocycles. The first-order valence-electron chi connectivity index (χ1n) is 6.37. The van der Waals surface area contributed by atoms with Crippen LogP contribution in [0, 0.1) is 0 Å². The maximum absolute atomic E-state index is 11.8. The zero-order valence-electron chi connectivity index (χ0n) is 11.0. The van der Waals surface area contributed by atoms with Crippen molar-refractivity contribution >= 4 is 11.9 Å². The Kier molecular flexibility index (Phi) is 6.07. The Bertz CT molecular complexity index is 290.